The summed E-state index contributed by atoms with van der Waals surface area (Å²) in [6.45, 7) is 0. The van der Waals surface area contributed by atoms with Gasteiger partial charge in [-0.15, -0.1) is 0 Å². The number of hydrogen-bond donors (Lipinski definition) is 3. The lowest BCUT2D eigenvalue weighted by molar-refractivity contribution is -0.115. The van der Waals surface area contributed by atoms with Crippen molar-refractivity contribution in [3.8, 4) is 23.1 Å². The predicted molar refractivity (Wildman–Crippen MR) is 71.2 cm³/mol. The van der Waals surface area contributed by atoms with Crippen molar-refractivity contribution in [1.29, 1.82) is 5.26 Å². The van der Waals surface area contributed by atoms with Crippen LogP contribution in [0.1, 0.15) is 11.1 Å². The van der Waals surface area contributed by atoms with Gasteiger partial charge in [-0.25, -0.2) is 0 Å². The topological polar surface area (TPSA) is 106 Å². The number of nitrogens with zero attached hydrogens (tertiary/aromatic N) is 1. The first-order valence-electron chi connectivity index (χ1n) is 5.88. The average Bonchev–Trinajstić information content (AvgIpc) is 2.76. The number of aromatic hydroxyl groups is 1. The molecule has 6 heteroatoms. The van der Waals surface area contributed by atoms with E-state index in [1.54, 1.807) is 18.2 Å². The Bertz CT molecular complexity index is 831. The third-order valence-corrected chi connectivity index (χ3v) is 3.18. The molecule has 0 aliphatic carbocycles. The summed E-state index contributed by atoms with van der Waals surface area (Å²) in [6.07, 6.45) is 0.264. The number of carbonyl (C=O) groups is 1. The van der Waals surface area contributed by atoms with Gasteiger partial charge < -0.3 is 10.4 Å². The van der Waals surface area contributed by atoms with Gasteiger partial charge in [0, 0.05) is 17.3 Å². The number of aromatic amines is 1. The molecule has 1 aliphatic heterocycles. The Morgan fingerprint density at radius 2 is 2.05 bits per heavy atom. The van der Waals surface area contributed by atoms with E-state index in [0.717, 1.165) is 11.3 Å². The molecule has 6 nitrogen and oxygen atoms in total. The maximum absolute atomic E-state index is 11.4. The van der Waals surface area contributed by atoms with E-state index >= 15 is 0 Å². The van der Waals surface area contributed by atoms with Gasteiger partial charge in [-0.3, -0.25) is 14.6 Å². The van der Waals surface area contributed by atoms with Gasteiger partial charge in [0.15, 0.2) is 0 Å². The normalized spacial score (nSPS) is 12.7. The Morgan fingerprint density at radius 1 is 1.25 bits per heavy atom. The predicted octanol–water partition coefficient (Wildman–Crippen LogP) is 1.11. The summed E-state index contributed by atoms with van der Waals surface area (Å²) >= 11 is 0. The zero-order chi connectivity index (χ0) is 14.3. The summed E-state index contributed by atoms with van der Waals surface area (Å²) in [7, 11) is 0. The van der Waals surface area contributed by atoms with E-state index in [1.807, 2.05) is 6.07 Å². The van der Waals surface area contributed by atoms with E-state index < -0.39 is 11.4 Å². The average molecular weight is 267 g/mol. The summed E-state index contributed by atoms with van der Waals surface area (Å²) in [5.41, 5.74) is 1.99. The summed E-state index contributed by atoms with van der Waals surface area (Å²) in [4.78, 5) is 24.9. The van der Waals surface area contributed by atoms with E-state index in [2.05, 4.69) is 10.3 Å². The third kappa shape index (κ3) is 1.82. The Hall–Kier alpha value is -3.07. The van der Waals surface area contributed by atoms with Gasteiger partial charge in [0.1, 0.15) is 11.6 Å². The van der Waals surface area contributed by atoms with Crippen molar-refractivity contribution in [3.63, 3.8) is 0 Å². The van der Waals surface area contributed by atoms with Crippen molar-refractivity contribution in [2.75, 3.05) is 5.32 Å². The monoisotopic (exact) mass is 267 g/mol. The van der Waals surface area contributed by atoms with Gasteiger partial charge in [0.2, 0.25) is 11.8 Å². The molecular weight excluding hydrogens is 258 g/mol. The second-order valence-corrected chi connectivity index (χ2v) is 4.48. The third-order valence-electron chi connectivity index (χ3n) is 3.18. The van der Waals surface area contributed by atoms with E-state index in [4.69, 9.17) is 5.26 Å². The van der Waals surface area contributed by atoms with Crippen LogP contribution in [0.15, 0.2) is 29.1 Å². The fourth-order valence-electron chi connectivity index (χ4n) is 2.28. The molecule has 0 fully saturated rings. The van der Waals surface area contributed by atoms with Crippen LogP contribution in [-0.4, -0.2) is 16.0 Å². The lowest BCUT2D eigenvalue weighted by atomic mass is 9.99. The molecule has 0 spiro atoms. The highest BCUT2D eigenvalue weighted by Gasteiger charge is 2.19. The van der Waals surface area contributed by atoms with Crippen molar-refractivity contribution in [2.24, 2.45) is 0 Å². The van der Waals surface area contributed by atoms with Crippen LogP contribution in [0.5, 0.6) is 5.88 Å². The van der Waals surface area contributed by atoms with Crippen molar-refractivity contribution in [2.45, 2.75) is 6.42 Å². The number of rotatable bonds is 1. The number of fused-ring (bicyclic) bond motifs is 1. The fraction of sp³-hybridized carbons (Fsp3) is 0.0714. The number of carbonyl (C=O) groups excluding carboxylic acids is 1. The number of H-pyrrole nitrogens is 1. The molecule has 1 aliphatic rings. The first-order valence-corrected chi connectivity index (χ1v) is 5.88. The van der Waals surface area contributed by atoms with Crippen LogP contribution >= 0.6 is 0 Å². The number of hydrogen-bond acceptors (Lipinski definition) is 4. The molecule has 3 N–H and O–H groups in total. The molecule has 1 aromatic heterocycles. The quantitative estimate of drug-likeness (QED) is 0.719. The molecule has 1 aromatic carbocycles. The van der Waals surface area contributed by atoms with Crippen LogP contribution in [0.4, 0.5) is 5.69 Å². The van der Waals surface area contributed by atoms with Crippen LogP contribution in [0.3, 0.4) is 0 Å². The number of amides is 1. The molecule has 3 rings (SSSR count). The summed E-state index contributed by atoms with van der Waals surface area (Å²) in [6, 6.07) is 8.27. The number of pyridine rings is 1. The fourth-order valence-corrected chi connectivity index (χ4v) is 2.28. The molecule has 2 heterocycles. The molecule has 0 saturated heterocycles. The van der Waals surface area contributed by atoms with Crippen LogP contribution in [-0.2, 0) is 11.2 Å². The van der Waals surface area contributed by atoms with Crippen molar-refractivity contribution in [3.05, 3.63) is 45.7 Å². The Balaban J connectivity index is 2.21. The molecule has 98 valence electrons. The van der Waals surface area contributed by atoms with Crippen LogP contribution < -0.4 is 10.9 Å². The first-order chi connectivity index (χ1) is 9.58. The Labute approximate surface area is 113 Å². The molecule has 0 saturated carbocycles. The van der Waals surface area contributed by atoms with Gasteiger partial charge in [-0.05, 0) is 23.3 Å². The number of nitrogens with one attached hydrogen (secondary N) is 2. The van der Waals surface area contributed by atoms with Crippen LogP contribution in [0.25, 0.3) is 11.1 Å². The minimum Gasteiger partial charge on any atom is -0.494 e. The lowest BCUT2D eigenvalue weighted by Crippen LogP contribution is -2.06. The number of nitriles is 1. The molecule has 0 bridgehead atoms. The van der Waals surface area contributed by atoms with E-state index in [1.165, 1.54) is 6.07 Å². The standard InChI is InChI=1S/C14H9N3O3/c15-6-10-9(5-13(19)17-14(10)20)7-1-2-11-8(3-7)4-12(18)16-11/h1-3,5H,4H2,(H,16,18)(H2,17,19,20). The second-order valence-electron chi connectivity index (χ2n) is 4.48. The van der Waals surface area contributed by atoms with Gasteiger partial charge >= 0.3 is 0 Å². The Kier molecular flexibility index (Phi) is 2.54. The first kappa shape index (κ1) is 12.0. The minimum absolute atomic E-state index is 0.00170. The SMILES string of the molecule is N#Cc1c(-c2ccc3c(c2)CC(=O)N3)cc(=O)[nH]c1O. The van der Waals surface area contributed by atoms with Crippen LogP contribution in [0, 0.1) is 11.3 Å². The molecule has 1 amide bonds. The highest BCUT2D eigenvalue weighted by Crippen LogP contribution is 2.31. The number of anilines is 1. The molecule has 0 radical (unpaired) electrons. The maximum atomic E-state index is 11.4. The summed E-state index contributed by atoms with van der Waals surface area (Å²) < 4.78 is 0. The molecule has 0 atom stereocenters. The van der Waals surface area contributed by atoms with E-state index in [-0.39, 0.29) is 17.9 Å². The van der Waals surface area contributed by atoms with Crippen molar-refractivity contribution in [1.82, 2.24) is 4.98 Å². The second kappa shape index (κ2) is 4.24. The van der Waals surface area contributed by atoms with Crippen LogP contribution in [0.2, 0.25) is 0 Å². The largest absolute Gasteiger partial charge is 0.494 e. The van der Waals surface area contributed by atoms with Gasteiger partial charge in [0.25, 0.3) is 5.56 Å². The van der Waals surface area contributed by atoms with Crippen molar-refractivity contribution >= 4 is 11.6 Å². The number of benzene rings is 1. The summed E-state index contributed by atoms with van der Waals surface area (Å²) in [5, 5.41) is 21.4. The zero-order valence-electron chi connectivity index (χ0n) is 10.2. The van der Waals surface area contributed by atoms with E-state index in [0.29, 0.717) is 11.1 Å². The van der Waals surface area contributed by atoms with Gasteiger partial charge in [0.05, 0.1) is 6.42 Å². The van der Waals surface area contributed by atoms with Gasteiger partial charge in [-0.2, -0.15) is 5.26 Å². The minimum atomic E-state index is -0.494. The molecule has 0 unspecified atom stereocenters. The molecular formula is C14H9N3O3. The highest BCUT2D eigenvalue weighted by atomic mass is 16.3. The van der Waals surface area contributed by atoms with Gasteiger partial charge in [-0.1, -0.05) is 6.07 Å². The lowest BCUT2D eigenvalue weighted by Gasteiger charge is -2.07. The smallest absolute Gasteiger partial charge is 0.251 e. The summed E-state index contributed by atoms with van der Waals surface area (Å²) in [5.74, 6) is -0.545. The Morgan fingerprint density at radius 3 is 2.80 bits per heavy atom. The maximum Gasteiger partial charge on any atom is 0.251 e. The highest BCUT2D eigenvalue weighted by molar-refractivity contribution is 5.99. The zero-order valence-corrected chi connectivity index (χ0v) is 10.2. The molecule has 20 heavy (non-hydrogen) atoms. The van der Waals surface area contributed by atoms with E-state index in [9.17, 15) is 14.7 Å². The number of aromatic nitrogens is 1. The molecule has 2 aromatic rings. The van der Waals surface area contributed by atoms with Crippen molar-refractivity contribution < 1.29 is 9.90 Å².